The van der Waals surface area contributed by atoms with Gasteiger partial charge in [0.1, 0.15) is 5.69 Å². The molecule has 7 heteroatoms. The van der Waals surface area contributed by atoms with E-state index in [1.165, 1.54) is 35.3 Å². The van der Waals surface area contributed by atoms with Crippen molar-refractivity contribution in [2.24, 2.45) is 0 Å². The van der Waals surface area contributed by atoms with E-state index in [1.807, 2.05) is 6.07 Å². The van der Waals surface area contributed by atoms with Gasteiger partial charge in [0.25, 0.3) is 0 Å². The third kappa shape index (κ3) is 3.82. The molecule has 0 amide bonds. The summed E-state index contributed by atoms with van der Waals surface area (Å²) in [5.41, 5.74) is 11.5. The van der Waals surface area contributed by atoms with Crippen LogP contribution in [0, 0.1) is 0 Å². The minimum Gasteiger partial charge on any atom is -0.398 e. The number of rotatable bonds is 6. The molecule has 0 atom stereocenters. The Hall–Kier alpha value is -2.25. The first-order valence-corrected chi connectivity index (χ1v) is 10.6. The number of fused-ring (bicyclic) bond motifs is 1. The summed E-state index contributed by atoms with van der Waals surface area (Å²) in [5.74, 6) is 0.667. The molecular formula is C21H27N5OS. The van der Waals surface area contributed by atoms with Crippen molar-refractivity contribution in [3.05, 3.63) is 29.3 Å². The summed E-state index contributed by atoms with van der Waals surface area (Å²) in [6.07, 6.45) is 3.20. The molecule has 0 unspecified atom stereocenters. The largest absolute Gasteiger partial charge is 0.398 e. The first-order valence-electron chi connectivity index (χ1n) is 9.80. The first-order chi connectivity index (χ1) is 13.4. The molecule has 148 valence electrons. The number of nitrogens with zero attached hydrogens (tertiary/aromatic N) is 3. The smallest absolute Gasteiger partial charge is 0.206 e. The molecule has 6 nitrogen and oxygen atoms in total. The maximum absolute atomic E-state index is 8.91. The molecule has 28 heavy (non-hydrogen) atoms. The Kier molecular flexibility index (Phi) is 4.97. The Bertz CT molecular complexity index is 1000. The van der Waals surface area contributed by atoms with Gasteiger partial charge in [0, 0.05) is 24.2 Å². The molecule has 0 saturated heterocycles. The maximum Gasteiger partial charge on any atom is 0.206 e. The van der Waals surface area contributed by atoms with Gasteiger partial charge in [-0.2, -0.15) is 0 Å². The number of anilines is 2. The number of aromatic nitrogens is 3. The van der Waals surface area contributed by atoms with Crippen molar-refractivity contribution in [3.63, 3.8) is 0 Å². The van der Waals surface area contributed by atoms with E-state index in [0.29, 0.717) is 18.9 Å². The van der Waals surface area contributed by atoms with Gasteiger partial charge in [0.2, 0.25) is 5.13 Å². The molecule has 1 aliphatic rings. The van der Waals surface area contributed by atoms with Gasteiger partial charge in [-0.1, -0.05) is 38.2 Å². The summed E-state index contributed by atoms with van der Waals surface area (Å²) >= 11 is 1.45. The lowest BCUT2D eigenvalue weighted by molar-refractivity contribution is 0.292. The van der Waals surface area contributed by atoms with Crippen molar-refractivity contribution in [3.8, 4) is 10.7 Å². The quantitative estimate of drug-likeness (QED) is 0.537. The van der Waals surface area contributed by atoms with Gasteiger partial charge in [-0.3, -0.25) is 0 Å². The Morgan fingerprint density at radius 2 is 2.00 bits per heavy atom. The van der Waals surface area contributed by atoms with E-state index >= 15 is 0 Å². The molecule has 2 heterocycles. The molecule has 0 spiro atoms. The molecule has 0 aliphatic heterocycles. The Labute approximate surface area is 169 Å². The van der Waals surface area contributed by atoms with Crippen LogP contribution in [-0.4, -0.2) is 33.4 Å². The third-order valence-electron chi connectivity index (χ3n) is 5.08. The first kappa shape index (κ1) is 19.1. The third-order valence-corrected chi connectivity index (χ3v) is 5.98. The number of hydrogen-bond acceptors (Lipinski definition) is 7. The van der Waals surface area contributed by atoms with E-state index < -0.39 is 0 Å². The van der Waals surface area contributed by atoms with Crippen LogP contribution in [-0.2, 0) is 5.41 Å². The van der Waals surface area contributed by atoms with Crippen LogP contribution in [0.25, 0.3) is 21.6 Å². The lowest BCUT2D eigenvalue weighted by Crippen LogP contribution is -2.13. The van der Waals surface area contributed by atoms with Crippen molar-refractivity contribution >= 4 is 33.1 Å². The van der Waals surface area contributed by atoms with Gasteiger partial charge in [-0.15, -0.1) is 10.2 Å². The predicted octanol–water partition coefficient (Wildman–Crippen LogP) is 4.30. The van der Waals surface area contributed by atoms with Crippen LogP contribution in [0.2, 0.25) is 0 Å². The van der Waals surface area contributed by atoms with Crippen LogP contribution in [0.15, 0.2) is 18.2 Å². The number of nitrogens with two attached hydrogens (primary N) is 1. The van der Waals surface area contributed by atoms with Crippen molar-refractivity contribution < 1.29 is 5.11 Å². The van der Waals surface area contributed by atoms with Crippen LogP contribution in [0.4, 0.5) is 10.8 Å². The highest BCUT2D eigenvalue weighted by Gasteiger charge is 2.28. The molecule has 4 rings (SSSR count). The summed E-state index contributed by atoms with van der Waals surface area (Å²) in [6.45, 7) is 7.47. The summed E-state index contributed by atoms with van der Waals surface area (Å²) in [6, 6.07) is 6.44. The van der Waals surface area contributed by atoms with Crippen molar-refractivity contribution in [2.75, 3.05) is 24.2 Å². The Balaban J connectivity index is 1.78. The molecule has 1 saturated carbocycles. The highest BCUT2D eigenvalue weighted by atomic mass is 32.1. The highest BCUT2D eigenvalue weighted by molar-refractivity contribution is 7.18. The number of aliphatic hydroxyl groups is 1. The van der Waals surface area contributed by atoms with Crippen LogP contribution in [0.5, 0.6) is 0 Å². The summed E-state index contributed by atoms with van der Waals surface area (Å²) in [7, 11) is 0. The van der Waals surface area contributed by atoms with E-state index in [1.54, 1.807) is 0 Å². The molecule has 1 aliphatic carbocycles. The number of pyridine rings is 1. The minimum atomic E-state index is -0.0284. The minimum absolute atomic E-state index is 0.0284. The molecule has 1 fully saturated rings. The topological polar surface area (TPSA) is 97.0 Å². The number of nitrogen functional groups attached to an aromatic ring is 1. The van der Waals surface area contributed by atoms with Gasteiger partial charge in [-0.25, -0.2) is 4.98 Å². The maximum atomic E-state index is 8.91. The molecule has 4 N–H and O–H groups in total. The fourth-order valence-electron chi connectivity index (χ4n) is 3.38. The fourth-order valence-corrected chi connectivity index (χ4v) is 4.11. The van der Waals surface area contributed by atoms with Crippen LogP contribution < -0.4 is 11.1 Å². The fraction of sp³-hybridized carbons (Fsp3) is 0.476. The monoisotopic (exact) mass is 397 g/mol. The molecule has 1 aromatic carbocycles. The van der Waals surface area contributed by atoms with E-state index in [2.05, 4.69) is 48.4 Å². The average Bonchev–Trinajstić information content (AvgIpc) is 3.39. The number of aliphatic hydroxyl groups excluding tert-OH is 1. The second-order valence-corrected chi connectivity index (χ2v) is 9.48. The zero-order chi connectivity index (χ0) is 19.9. The summed E-state index contributed by atoms with van der Waals surface area (Å²) in [4.78, 5) is 4.96. The average molecular weight is 398 g/mol. The standard InChI is InChI=1S/C21H27N5OS/c1-21(2,3)15-10-13(12-5-6-12)9-14-16(22)11-17(24-18(14)15)19-25-26-20(28-19)23-7-4-8-27/h9-12,27H,4-8H2,1-3H3,(H2,22,24)(H,23,26). The number of benzene rings is 1. The van der Waals surface area contributed by atoms with Crippen LogP contribution in [0.3, 0.4) is 0 Å². The van der Waals surface area contributed by atoms with Gasteiger partial charge < -0.3 is 16.2 Å². The van der Waals surface area contributed by atoms with E-state index in [-0.39, 0.29) is 12.0 Å². The SMILES string of the molecule is CC(C)(C)c1cc(C2CC2)cc2c(N)cc(-c3nnc(NCCCO)s3)nc12. The Morgan fingerprint density at radius 3 is 2.68 bits per heavy atom. The number of hydrogen-bond donors (Lipinski definition) is 3. The lowest BCUT2D eigenvalue weighted by Gasteiger charge is -2.23. The molecule has 0 radical (unpaired) electrons. The zero-order valence-electron chi connectivity index (χ0n) is 16.6. The highest BCUT2D eigenvalue weighted by Crippen LogP contribution is 2.44. The van der Waals surface area contributed by atoms with E-state index in [9.17, 15) is 0 Å². The van der Waals surface area contributed by atoms with Gasteiger partial charge in [0.05, 0.1) is 5.52 Å². The van der Waals surface area contributed by atoms with Gasteiger partial charge in [0.15, 0.2) is 5.01 Å². The molecular weight excluding hydrogens is 370 g/mol. The summed E-state index contributed by atoms with van der Waals surface area (Å²) in [5, 5.41) is 23.1. The molecule has 2 aromatic heterocycles. The van der Waals surface area contributed by atoms with Crippen LogP contribution >= 0.6 is 11.3 Å². The molecule has 3 aromatic rings. The van der Waals surface area contributed by atoms with Crippen molar-refractivity contribution in [1.82, 2.24) is 15.2 Å². The zero-order valence-corrected chi connectivity index (χ0v) is 17.4. The van der Waals surface area contributed by atoms with E-state index in [0.717, 1.165) is 32.4 Å². The summed E-state index contributed by atoms with van der Waals surface area (Å²) < 4.78 is 0. The number of nitrogens with one attached hydrogen (secondary N) is 1. The van der Waals surface area contributed by atoms with Crippen LogP contribution in [0.1, 0.15) is 57.1 Å². The van der Waals surface area contributed by atoms with E-state index in [4.69, 9.17) is 15.8 Å². The second kappa shape index (κ2) is 7.29. The normalized spacial score (nSPS) is 14.6. The lowest BCUT2D eigenvalue weighted by atomic mass is 9.83. The second-order valence-electron chi connectivity index (χ2n) is 8.50. The molecule has 0 bridgehead atoms. The van der Waals surface area contributed by atoms with Gasteiger partial charge >= 0.3 is 0 Å². The predicted molar refractivity (Wildman–Crippen MR) is 116 cm³/mol. The van der Waals surface area contributed by atoms with Gasteiger partial charge in [-0.05, 0) is 53.9 Å². The van der Waals surface area contributed by atoms with Crippen molar-refractivity contribution in [1.29, 1.82) is 0 Å². The van der Waals surface area contributed by atoms with Crippen molar-refractivity contribution in [2.45, 2.75) is 51.4 Å². The Morgan fingerprint density at radius 1 is 1.21 bits per heavy atom.